The van der Waals surface area contributed by atoms with Gasteiger partial charge in [0.2, 0.25) is 11.8 Å². The van der Waals surface area contributed by atoms with E-state index in [1.165, 1.54) is 16.7 Å². The third-order valence-electron chi connectivity index (χ3n) is 4.78. The van der Waals surface area contributed by atoms with Crippen LogP contribution >= 0.6 is 23.4 Å². The highest BCUT2D eigenvalue weighted by molar-refractivity contribution is 8.14. The monoisotopic (exact) mass is 459 g/mol. The first-order valence-corrected chi connectivity index (χ1v) is 11.2. The number of amidine groups is 1. The number of ether oxygens (including phenoxy) is 1. The number of nitrogens with one attached hydrogen (secondary N) is 3. The fourth-order valence-corrected chi connectivity index (χ4v) is 4.38. The number of halogens is 1. The Labute approximate surface area is 189 Å². The molecule has 2 aliphatic heterocycles. The van der Waals surface area contributed by atoms with Crippen molar-refractivity contribution in [3.05, 3.63) is 53.6 Å². The van der Waals surface area contributed by atoms with E-state index in [-0.39, 0.29) is 29.7 Å². The van der Waals surface area contributed by atoms with E-state index in [9.17, 15) is 9.59 Å². The third kappa shape index (κ3) is 5.01. The van der Waals surface area contributed by atoms with Gasteiger partial charge >= 0.3 is 0 Å². The summed E-state index contributed by atoms with van der Waals surface area (Å²) in [5.74, 6) is 0.237. The number of amides is 2. The van der Waals surface area contributed by atoms with Gasteiger partial charge in [-0.05, 0) is 49.4 Å². The summed E-state index contributed by atoms with van der Waals surface area (Å²) in [6.45, 7) is 2.98. The molecule has 2 unspecified atom stereocenters. The summed E-state index contributed by atoms with van der Waals surface area (Å²) < 4.78 is 5.41. The Balaban J connectivity index is 1.46. The van der Waals surface area contributed by atoms with Gasteiger partial charge in [-0.1, -0.05) is 29.4 Å². The van der Waals surface area contributed by atoms with Gasteiger partial charge in [-0.25, -0.2) is 10.4 Å². The highest BCUT2D eigenvalue weighted by Gasteiger charge is 2.42. The predicted octanol–water partition coefficient (Wildman–Crippen LogP) is 2.86. The maximum Gasteiger partial charge on any atom is 0.241 e. The molecule has 0 saturated carbocycles. The Morgan fingerprint density at radius 1 is 1.32 bits per heavy atom. The van der Waals surface area contributed by atoms with Crippen LogP contribution in [0.25, 0.3) is 0 Å². The van der Waals surface area contributed by atoms with Gasteiger partial charge in [-0.3, -0.25) is 19.9 Å². The Kier molecular flexibility index (Phi) is 6.77. The topological polar surface area (TPSA) is 95.1 Å². The third-order valence-corrected chi connectivity index (χ3v) is 5.97. The van der Waals surface area contributed by atoms with Gasteiger partial charge in [0.15, 0.2) is 5.17 Å². The molecule has 2 aliphatic rings. The zero-order valence-corrected chi connectivity index (χ0v) is 18.4. The molecule has 0 aliphatic carbocycles. The zero-order valence-electron chi connectivity index (χ0n) is 16.8. The fraction of sp³-hybridized carbons (Fsp3) is 0.286. The van der Waals surface area contributed by atoms with E-state index in [1.807, 2.05) is 6.92 Å². The van der Waals surface area contributed by atoms with Crippen LogP contribution < -0.4 is 25.8 Å². The van der Waals surface area contributed by atoms with Crippen molar-refractivity contribution in [3.63, 3.8) is 0 Å². The van der Waals surface area contributed by atoms with Gasteiger partial charge in [-0.15, -0.1) is 0 Å². The average Bonchev–Trinajstić information content (AvgIpc) is 3.23. The van der Waals surface area contributed by atoms with Gasteiger partial charge in [0.25, 0.3) is 0 Å². The van der Waals surface area contributed by atoms with Crippen LogP contribution in [0.3, 0.4) is 0 Å². The number of carbonyl (C=O) groups is 2. The highest BCUT2D eigenvalue weighted by atomic mass is 35.5. The molecule has 2 aromatic rings. The maximum atomic E-state index is 13.1. The molecule has 10 heteroatoms. The molecule has 162 valence electrons. The Morgan fingerprint density at radius 2 is 2.13 bits per heavy atom. The summed E-state index contributed by atoms with van der Waals surface area (Å²) in [6, 6.07) is 14.2. The molecule has 1 saturated heterocycles. The van der Waals surface area contributed by atoms with E-state index < -0.39 is 0 Å². The summed E-state index contributed by atoms with van der Waals surface area (Å²) >= 11 is 7.34. The number of anilines is 2. The largest absolute Gasteiger partial charge is 0.494 e. The van der Waals surface area contributed by atoms with E-state index in [2.05, 4.69) is 21.2 Å². The SMILES string of the molecule is CCOc1ccc(NC(=O)CSC2=NC3NNCC3C(=O)N2c2cccc(Cl)c2)cc1. The molecule has 4 rings (SSSR count). The smallest absolute Gasteiger partial charge is 0.241 e. The number of hydrogen-bond acceptors (Lipinski definition) is 7. The quantitative estimate of drug-likeness (QED) is 0.615. The number of hydrazine groups is 1. The van der Waals surface area contributed by atoms with Crippen LogP contribution in [0.2, 0.25) is 5.02 Å². The number of aliphatic imine (C=N–C) groups is 1. The fourth-order valence-electron chi connectivity index (χ4n) is 3.35. The minimum absolute atomic E-state index is 0.0887. The molecule has 2 aromatic carbocycles. The second-order valence-corrected chi connectivity index (χ2v) is 8.31. The van der Waals surface area contributed by atoms with E-state index in [0.717, 1.165) is 5.75 Å². The van der Waals surface area contributed by atoms with Crippen LogP contribution in [0.15, 0.2) is 53.5 Å². The number of carbonyl (C=O) groups excluding carboxylic acids is 2. The van der Waals surface area contributed by atoms with Crippen LogP contribution in [0.5, 0.6) is 5.75 Å². The lowest BCUT2D eigenvalue weighted by Gasteiger charge is -2.32. The number of nitrogens with zero attached hydrogens (tertiary/aromatic N) is 2. The first-order valence-electron chi connectivity index (χ1n) is 9.86. The van der Waals surface area contributed by atoms with Crippen LogP contribution in [0, 0.1) is 5.92 Å². The molecule has 2 amide bonds. The lowest BCUT2D eigenvalue weighted by molar-refractivity contribution is -0.121. The zero-order chi connectivity index (χ0) is 21.8. The lowest BCUT2D eigenvalue weighted by Crippen LogP contribution is -2.49. The second-order valence-electron chi connectivity index (χ2n) is 6.94. The summed E-state index contributed by atoms with van der Waals surface area (Å²) in [4.78, 5) is 31.9. The van der Waals surface area contributed by atoms with Gasteiger partial charge in [0, 0.05) is 17.3 Å². The van der Waals surface area contributed by atoms with Gasteiger partial charge in [0.1, 0.15) is 11.9 Å². The van der Waals surface area contributed by atoms with E-state index >= 15 is 0 Å². The van der Waals surface area contributed by atoms with Crippen LogP contribution in [-0.4, -0.2) is 42.1 Å². The second kappa shape index (κ2) is 9.69. The van der Waals surface area contributed by atoms with Crippen molar-refractivity contribution in [2.75, 3.05) is 29.1 Å². The molecule has 2 heterocycles. The Morgan fingerprint density at radius 3 is 2.87 bits per heavy atom. The lowest BCUT2D eigenvalue weighted by atomic mass is 10.0. The van der Waals surface area contributed by atoms with Crippen molar-refractivity contribution in [2.45, 2.75) is 13.1 Å². The highest BCUT2D eigenvalue weighted by Crippen LogP contribution is 2.30. The molecule has 0 spiro atoms. The van der Waals surface area contributed by atoms with Crippen molar-refractivity contribution in [3.8, 4) is 5.75 Å². The van der Waals surface area contributed by atoms with E-state index in [0.29, 0.717) is 34.7 Å². The minimum atomic E-state index is -0.361. The molecule has 1 fully saturated rings. The molecular weight excluding hydrogens is 438 g/mol. The molecular formula is C21H22ClN5O3S. The first kappa shape index (κ1) is 21.6. The summed E-state index contributed by atoms with van der Waals surface area (Å²) in [6.07, 6.45) is -0.361. The number of thioether (sulfide) groups is 1. The van der Waals surface area contributed by atoms with E-state index in [4.69, 9.17) is 16.3 Å². The average molecular weight is 460 g/mol. The van der Waals surface area contributed by atoms with Gasteiger partial charge in [0.05, 0.1) is 24.0 Å². The van der Waals surface area contributed by atoms with Gasteiger partial charge in [-0.2, -0.15) is 0 Å². The molecule has 3 N–H and O–H groups in total. The summed E-state index contributed by atoms with van der Waals surface area (Å²) in [5.41, 5.74) is 7.29. The standard InChI is InChI=1S/C21H22ClN5O3S/c1-2-30-16-8-6-14(7-9-16)24-18(28)12-31-21-25-19-17(11-23-26-19)20(29)27(21)15-5-3-4-13(22)10-15/h3-10,17,19,23,26H,2,11-12H2,1H3,(H,24,28). The Hall–Kier alpha value is -2.59. The van der Waals surface area contributed by atoms with E-state index in [1.54, 1.807) is 48.5 Å². The van der Waals surface area contributed by atoms with Crippen molar-refractivity contribution < 1.29 is 14.3 Å². The van der Waals surface area contributed by atoms with Crippen molar-refractivity contribution in [1.29, 1.82) is 0 Å². The number of hydrogen-bond donors (Lipinski definition) is 3. The molecule has 2 atom stereocenters. The molecule has 31 heavy (non-hydrogen) atoms. The predicted molar refractivity (Wildman–Crippen MR) is 123 cm³/mol. The van der Waals surface area contributed by atoms with Gasteiger partial charge < -0.3 is 10.1 Å². The summed E-state index contributed by atoms with van der Waals surface area (Å²) in [5, 5.41) is 3.82. The maximum absolute atomic E-state index is 13.1. The summed E-state index contributed by atoms with van der Waals surface area (Å²) in [7, 11) is 0. The van der Waals surface area contributed by atoms with Crippen molar-refractivity contribution in [1.82, 2.24) is 10.9 Å². The van der Waals surface area contributed by atoms with Crippen molar-refractivity contribution >= 4 is 51.7 Å². The normalized spacial score (nSPS) is 20.3. The number of fused-ring (bicyclic) bond motifs is 1. The number of benzene rings is 2. The molecule has 8 nitrogen and oxygen atoms in total. The van der Waals surface area contributed by atoms with Crippen molar-refractivity contribution in [2.24, 2.45) is 10.9 Å². The molecule has 0 bridgehead atoms. The first-order chi connectivity index (χ1) is 15.0. The van der Waals surface area contributed by atoms with Crippen LogP contribution in [0.1, 0.15) is 6.92 Å². The number of rotatable bonds is 6. The van der Waals surface area contributed by atoms with Crippen LogP contribution in [-0.2, 0) is 9.59 Å². The molecule has 0 aromatic heterocycles. The minimum Gasteiger partial charge on any atom is -0.494 e. The van der Waals surface area contributed by atoms with Crippen LogP contribution in [0.4, 0.5) is 11.4 Å². The Bertz CT molecular complexity index is 1000. The molecule has 0 radical (unpaired) electrons.